The number of rotatable bonds is 2. The Morgan fingerprint density at radius 1 is 1.06 bits per heavy atom. The maximum atomic E-state index is 6.11. The number of hydrogen-bond acceptors (Lipinski definition) is 1. The molecule has 0 bridgehead atoms. The summed E-state index contributed by atoms with van der Waals surface area (Å²) >= 11 is 6.11. The summed E-state index contributed by atoms with van der Waals surface area (Å²) in [4.78, 5) is 0. The molecule has 0 amide bonds. The monoisotopic (exact) mass is 245 g/mol. The van der Waals surface area contributed by atoms with Crippen LogP contribution in [0.1, 0.15) is 16.7 Å². The van der Waals surface area contributed by atoms with E-state index in [2.05, 4.69) is 25.1 Å². The first-order valence-corrected chi connectivity index (χ1v) is 6.05. The molecule has 0 heterocycles. The maximum absolute atomic E-state index is 6.11. The molecule has 0 unspecified atom stereocenters. The number of aryl methyl sites for hydroxylation is 2. The molecule has 0 aliphatic carbocycles. The molecule has 2 rings (SSSR count). The van der Waals surface area contributed by atoms with E-state index < -0.39 is 0 Å². The first-order chi connectivity index (χ1) is 8.11. The SMILES string of the molecule is Cc1cc(-c2cccc(CN)c2)c(C)cc1Cl. The van der Waals surface area contributed by atoms with Crippen molar-refractivity contribution in [2.24, 2.45) is 5.73 Å². The minimum atomic E-state index is 0.569. The molecule has 0 saturated carbocycles. The predicted molar refractivity (Wildman–Crippen MR) is 74.3 cm³/mol. The van der Waals surface area contributed by atoms with Crippen LogP contribution in [0, 0.1) is 13.8 Å². The fourth-order valence-corrected chi connectivity index (χ4v) is 2.18. The van der Waals surface area contributed by atoms with Gasteiger partial charge in [-0.3, -0.25) is 0 Å². The van der Waals surface area contributed by atoms with E-state index in [4.69, 9.17) is 17.3 Å². The van der Waals surface area contributed by atoms with Crippen molar-refractivity contribution in [2.75, 3.05) is 0 Å². The molecule has 2 N–H and O–H groups in total. The Hall–Kier alpha value is -1.31. The maximum Gasteiger partial charge on any atom is 0.0438 e. The van der Waals surface area contributed by atoms with Gasteiger partial charge in [0, 0.05) is 11.6 Å². The highest BCUT2D eigenvalue weighted by molar-refractivity contribution is 6.31. The van der Waals surface area contributed by atoms with Crippen molar-refractivity contribution < 1.29 is 0 Å². The third-order valence-electron chi connectivity index (χ3n) is 2.98. The zero-order valence-electron chi connectivity index (χ0n) is 10.1. The van der Waals surface area contributed by atoms with Gasteiger partial charge in [0.2, 0.25) is 0 Å². The smallest absolute Gasteiger partial charge is 0.0438 e. The molecular weight excluding hydrogens is 230 g/mol. The standard InChI is InChI=1S/C15H16ClN/c1-10-7-15(16)11(2)6-14(10)13-5-3-4-12(8-13)9-17/h3-8H,9,17H2,1-2H3. The van der Waals surface area contributed by atoms with Gasteiger partial charge in [0.1, 0.15) is 0 Å². The van der Waals surface area contributed by atoms with Gasteiger partial charge in [0.25, 0.3) is 0 Å². The zero-order chi connectivity index (χ0) is 12.4. The highest BCUT2D eigenvalue weighted by Gasteiger charge is 2.05. The Bertz CT molecular complexity index is 547. The average Bonchev–Trinajstić information content (AvgIpc) is 2.34. The molecule has 0 fully saturated rings. The van der Waals surface area contributed by atoms with E-state index in [1.54, 1.807) is 0 Å². The van der Waals surface area contributed by atoms with Gasteiger partial charge < -0.3 is 5.73 Å². The normalized spacial score (nSPS) is 10.6. The van der Waals surface area contributed by atoms with E-state index in [-0.39, 0.29) is 0 Å². The Morgan fingerprint density at radius 2 is 1.82 bits per heavy atom. The van der Waals surface area contributed by atoms with Crippen molar-refractivity contribution in [3.63, 3.8) is 0 Å². The number of benzene rings is 2. The highest BCUT2D eigenvalue weighted by Crippen LogP contribution is 2.29. The largest absolute Gasteiger partial charge is 0.326 e. The van der Waals surface area contributed by atoms with Crippen molar-refractivity contribution >= 4 is 11.6 Å². The van der Waals surface area contributed by atoms with Crippen LogP contribution in [0.15, 0.2) is 36.4 Å². The lowest BCUT2D eigenvalue weighted by Crippen LogP contribution is -1.96. The molecule has 0 aliphatic heterocycles. The molecule has 17 heavy (non-hydrogen) atoms. The first kappa shape index (κ1) is 12.2. The minimum Gasteiger partial charge on any atom is -0.326 e. The quantitative estimate of drug-likeness (QED) is 0.848. The Balaban J connectivity index is 2.56. The van der Waals surface area contributed by atoms with E-state index >= 15 is 0 Å². The molecule has 0 saturated heterocycles. The lowest BCUT2D eigenvalue weighted by molar-refractivity contribution is 1.07. The molecule has 0 atom stereocenters. The van der Waals surface area contributed by atoms with Crippen LogP contribution >= 0.6 is 11.6 Å². The lowest BCUT2D eigenvalue weighted by Gasteiger charge is -2.10. The van der Waals surface area contributed by atoms with E-state index in [0.29, 0.717) is 6.54 Å². The molecule has 0 radical (unpaired) electrons. The van der Waals surface area contributed by atoms with E-state index in [1.165, 1.54) is 16.7 Å². The molecule has 0 aromatic heterocycles. The molecule has 0 spiro atoms. The Morgan fingerprint density at radius 3 is 2.53 bits per heavy atom. The molecule has 2 aromatic carbocycles. The van der Waals surface area contributed by atoms with Crippen LogP contribution < -0.4 is 5.73 Å². The fourth-order valence-electron chi connectivity index (χ4n) is 1.96. The van der Waals surface area contributed by atoms with Crippen LogP contribution in [-0.4, -0.2) is 0 Å². The third-order valence-corrected chi connectivity index (χ3v) is 3.39. The Labute approximate surface area is 107 Å². The van der Waals surface area contributed by atoms with Gasteiger partial charge >= 0.3 is 0 Å². The van der Waals surface area contributed by atoms with Crippen LogP contribution in [0.25, 0.3) is 11.1 Å². The molecule has 2 aromatic rings. The highest BCUT2D eigenvalue weighted by atomic mass is 35.5. The van der Waals surface area contributed by atoms with Crippen molar-refractivity contribution in [1.82, 2.24) is 0 Å². The second kappa shape index (κ2) is 4.91. The molecule has 2 heteroatoms. The van der Waals surface area contributed by atoms with Crippen LogP contribution in [0.2, 0.25) is 5.02 Å². The molecular formula is C15H16ClN. The van der Waals surface area contributed by atoms with Crippen molar-refractivity contribution in [1.29, 1.82) is 0 Å². The first-order valence-electron chi connectivity index (χ1n) is 5.68. The lowest BCUT2D eigenvalue weighted by atomic mass is 9.97. The second-order valence-corrected chi connectivity index (χ2v) is 4.73. The Kier molecular flexibility index (Phi) is 3.51. The van der Waals surface area contributed by atoms with Crippen LogP contribution in [-0.2, 0) is 6.54 Å². The van der Waals surface area contributed by atoms with E-state index in [9.17, 15) is 0 Å². The van der Waals surface area contributed by atoms with Gasteiger partial charge in [-0.25, -0.2) is 0 Å². The summed E-state index contributed by atoms with van der Waals surface area (Å²) < 4.78 is 0. The number of hydrogen-bond donors (Lipinski definition) is 1. The minimum absolute atomic E-state index is 0.569. The van der Waals surface area contributed by atoms with Crippen molar-refractivity contribution in [3.8, 4) is 11.1 Å². The molecule has 0 aliphatic rings. The molecule has 88 valence electrons. The second-order valence-electron chi connectivity index (χ2n) is 4.32. The molecule has 1 nitrogen and oxygen atoms in total. The summed E-state index contributed by atoms with van der Waals surface area (Å²) in [5, 5.41) is 0.821. The topological polar surface area (TPSA) is 26.0 Å². The predicted octanol–water partition coefficient (Wildman–Crippen LogP) is 4.08. The number of nitrogens with two attached hydrogens (primary N) is 1. The third kappa shape index (κ3) is 2.51. The van der Waals surface area contributed by atoms with E-state index in [1.807, 2.05) is 25.1 Å². The summed E-state index contributed by atoms with van der Waals surface area (Å²) in [6.07, 6.45) is 0. The van der Waals surface area contributed by atoms with Gasteiger partial charge in [0.15, 0.2) is 0 Å². The van der Waals surface area contributed by atoms with Gasteiger partial charge in [-0.15, -0.1) is 0 Å². The van der Waals surface area contributed by atoms with Crippen molar-refractivity contribution in [3.05, 3.63) is 58.1 Å². The van der Waals surface area contributed by atoms with Gasteiger partial charge in [-0.05, 0) is 59.9 Å². The van der Waals surface area contributed by atoms with Crippen LogP contribution in [0.3, 0.4) is 0 Å². The summed E-state index contributed by atoms with van der Waals surface area (Å²) in [5.41, 5.74) is 11.5. The van der Waals surface area contributed by atoms with Crippen LogP contribution in [0.5, 0.6) is 0 Å². The van der Waals surface area contributed by atoms with E-state index in [0.717, 1.165) is 16.1 Å². The summed E-state index contributed by atoms with van der Waals surface area (Å²) in [6, 6.07) is 12.5. The average molecular weight is 246 g/mol. The fraction of sp³-hybridized carbons (Fsp3) is 0.200. The zero-order valence-corrected chi connectivity index (χ0v) is 10.9. The van der Waals surface area contributed by atoms with Gasteiger partial charge in [-0.2, -0.15) is 0 Å². The van der Waals surface area contributed by atoms with Crippen molar-refractivity contribution in [2.45, 2.75) is 20.4 Å². The van der Waals surface area contributed by atoms with Gasteiger partial charge in [-0.1, -0.05) is 29.8 Å². The summed E-state index contributed by atoms with van der Waals surface area (Å²) in [6.45, 7) is 4.67. The number of halogens is 1. The van der Waals surface area contributed by atoms with Gasteiger partial charge in [0.05, 0.1) is 0 Å². The summed E-state index contributed by atoms with van der Waals surface area (Å²) in [7, 11) is 0. The summed E-state index contributed by atoms with van der Waals surface area (Å²) in [5.74, 6) is 0. The van der Waals surface area contributed by atoms with Crippen LogP contribution in [0.4, 0.5) is 0 Å².